The van der Waals surface area contributed by atoms with Crippen LogP contribution in [0.4, 0.5) is 0 Å². The molecule has 1 aromatic rings. The van der Waals surface area contributed by atoms with Gasteiger partial charge in [0, 0.05) is 24.1 Å². The van der Waals surface area contributed by atoms with Crippen LogP contribution in [-0.4, -0.2) is 24.0 Å². The molecule has 2 nitrogen and oxygen atoms in total. The third-order valence-corrected chi connectivity index (χ3v) is 4.79. The maximum Gasteiger partial charge on any atom is 0.220 e. The fourth-order valence-electron chi connectivity index (χ4n) is 2.35. The zero-order valence-electron chi connectivity index (χ0n) is 13.9. The van der Waals surface area contributed by atoms with Crippen LogP contribution in [0.15, 0.2) is 24.3 Å². The first-order valence-corrected chi connectivity index (χ1v) is 9.03. The van der Waals surface area contributed by atoms with Gasteiger partial charge in [-0.05, 0) is 30.2 Å². The summed E-state index contributed by atoms with van der Waals surface area (Å²) in [6.07, 6.45) is 3.09. The summed E-state index contributed by atoms with van der Waals surface area (Å²) < 4.78 is 0. The maximum atomic E-state index is 11.9. The van der Waals surface area contributed by atoms with Crippen LogP contribution in [0.1, 0.15) is 51.2 Å². The van der Waals surface area contributed by atoms with Crippen molar-refractivity contribution in [3.8, 4) is 0 Å². The third-order valence-electron chi connectivity index (χ3n) is 3.72. The summed E-state index contributed by atoms with van der Waals surface area (Å²) in [5.41, 5.74) is 2.56. The lowest BCUT2D eigenvalue weighted by Gasteiger charge is -2.27. The molecule has 118 valence electrons. The van der Waals surface area contributed by atoms with E-state index in [-0.39, 0.29) is 11.3 Å². The van der Waals surface area contributed by atoms with Gasteiger partial charge in [0.05, 0.1) is 0 Å². The molecular weight excluding hydrogens is 278 g/mol. The van der Waals surface area contributed by atoms with Crippen LogP contribution in [0.25, 0.3) is 0 Å². The van der Waals surface area contributed by atoms with Crippen molar-refractivity contribution in [1.82, 2.24) is 5.32 Å². The molecule has 0 radical (unpaired) electrons. The van der Waals surface area contributed by atoms with Gasteiger partial charge in [-0.3, -0.25) is 4.79 Å². The van der Waals surface area contributed by atoms with Gasteiger partial charge in [0.1, 0.15) is 0 Å². The standard InChI is InChI=1S/C18H29NOS/c1-5-6-12-21-13-11-17(20)19-14-18(3,4)16-10-8-7-9-15(16)2/h7-10H,5-6,11-14H2,1-4H3,(H,19,20). The molecule has 0 fully saturated rings. The lowest BCUT2D eigenvalue weighted by atomic mass is 9.82. The molecule has 0 unspecified atom stereocenters. The predicted molar refractivity (Wildman–Crippen MR) is 94.1 cm³/mol. The largest absolute Gasteiger partial charge is 0.355 e. The average molecular weight is 308 g/mol. The lowest BCUT2D eigenvalue weighted by Crippen LogP contribution is -2.37. The number of carbonyl (C=O) groups is 1. The van der Waals surface area contributed by atoms with Crippen molar-refractivity contribution in [3.05, 3.63) is 35.4 Å². The number of thioether (sulfide) groups is 1. The molecule has 21 heavy (non-hydrogen) atoms. The van der Waals surface area contributed by atoms with Crippen molar-refractivity contribution in [2.24, 2.45) is 0 Å². The Bertz CT molecular complexity index is 443. The number of nitrogens with one attached hydrogen (secondary N) is 1. The van der Waals surface area contributed by atoms with Gasteiger partial charge in [-0.25, -0.2) is 0 Å². The molecule has 1 aromatic carbocycles. The second kappa shape index (κ2) is 9.14. The van der Waals surface area contributed by atoms with Gasteiger partial charge in [0.2, 0.25) is 5.91 Å². The van der Waals surface area contributed by atoms with E-state index in [0.29, 0.717) is 13.0 Å². The number of rotatable bonds is 9. The quantitative estimate of drug-likeness (QED) is 0.689. The minimum absolute atomic E-state index is 0.0314. The predicted octanol–water partition coefficient (Wildman–Crippen LogP) is 4.31. The molecule has 1 amide bonds. The summed E-state index contributed by atoms with van der Waals surface area (Å²) in [4.78, 5) is 11.9. The van der Waals surface area contributed by atoms with Crippen LogP contribution in [-0.2, 0) is 10.2 Å². The summed E-state index contributed by atoms with van der Waals surface area (Å²) >= 11 is 1.88. The number of unbranched alkanes of at least 4 members (excludes halogenated alkanes) is 1. The van der Waals surface area contributed by atoms with Gasteiger partial charge in [0.25, 0.3) is 0 Å². The monoisotopic (exact) mass is 307 g/mol. The molecule has 0 aliphatic heterocycles. The fourth-order valence-corrected chi connectivity index (χ4v) is 3.38. The van der Waals surface area contributed by atoms with Gasteiger partial charge in [0.15, 0.2) is 0 Å². The van der Waals surface area contributed by atoms with Gasteiger partial charge in [-0.2, -0.15) is 11.8 Å². The second-order valence-corrected chi connectivity index (χ2v) is 7.42. The molecule has 1 rings (SSSR count). The Morgan fingerprint density at radius 1 is 1.24 bits per heavy atom. The van der Waals surface area contributed by atoms with Crippen molar-refractivity contribution in [2.75, 3.05) is 18.1 Å². The number of hydrogen-bond acceptors (Lipinski definition) is 2. The number of hydrogen-bond donors (Lipinski definition) is 1. The first-order valence-electron chi connectivity index (χ1n) is 7.88. The number of carbonyl (C=O) groups excluding carboxylic acids is 1. The Morgan fingerprint density at radius 3 is 2.62 bits per heavy atom. The van der Waals surface area contributed by atoms with Gasteiger partial charge in [-0.15, -0.1) is 0 Å². The highest BCUT2D eigenvalue weighted by atomic mass is 32.2. The van der Waals surface area contributed by atoms with E-state index in [9.17, 15) is 4.79 Å². The first-order chi connectivity index (χ1) is 9.97. The van der Waals surface area contributed by atoms with Gasteiger partial charge < -0.3 is 5.32 Å². The summed E-state index contributed by atoms with van der Waals surface area (Å²) in [7, 11) is 0. The van der Waals surface area contributed by atoms with E-state index in [1.54, 1.807) is 0 Å². The maximum absolute atomic E-state index is 11.9. The molecule has 0 heterocycles. The molecular formula is C18H29NOS. The van der Waals surface area contributed by atoms with Crippen molar-refractivity contribution in [1.29, 1.82) is 0 Å². The minimum atomic E-state index is -0.0314. The normalized spacial score (nSPS) is 11.4. The highest BCUT2D eigenvalue weighted by Gasteiger charge is 2.22. The first kappa shape index (κ1) is 18.1. The Morgan fingerprint density at radius 2 is 1.95 bits per heavy atom. The van der Waals surface area contributed by atoms with E-state index in [0.717, 1.165) is 5.75 Å². The molecule has 0 aliphatic rings. The van der Waals surface area contributed by atoms with E-state index in [2.05, 4.69) is 57.3 Å². The second-order valence-electron chi connectivity index (χ2n) is 6.19. The van der Waals surface area contributed by atoms with Crippen LogP contribution >= 0.6 is 11.8 Å². The lowest BCUT2D eigenvalue weighted by molar-refractivity contribution is -0.120. The number of aryl methyl sites for hydroxylation is 1. The summed E-state index contributed by atoms with van der Waals surface area (Å²) in [5, 5.41) is 3.09. The Labute approximate surface area is 134 Å². The van der Waals surface area contributed by atoms with Crippen LogP contribution in [0.2, 0.25) is 0 Å². The fraction of sp³-hybridized carbons (Fsp3) is 0.611. The summed E-state index contributed by atoms with van der Waals surface area (Å²) in [6, 6.07) is 8.41. The Kier molecular flexibility index (Phi) is 7.87. The van der Waals surface area contributed by atoms with Crippen LogP contribution < -0.4 is 5.32 Å². The van der Waals surface area contributed by atoms with E-state index >= 15 is 0 Å². The molecule has 0 atom stereocenters. The topological polar surface area (TPSA) is 29.1 Å². The molecule has 0 aliphatic carbocycles. The van der Waals surface area contributed by atoms with Crippen LogP contribution in [0.3, 0.4) is 0 Å². The Hall–Kier alpha value is -0.960. The number of amides is 1. The van der Waals surface area contributed by atoms with Crippen molar-refractivity contribution < 1.29 is 4.79 Å². The molecule has 0 aromatic heterocycles. The van der Waals surface area contributed by atoms with Crippen LogP contribution in [0.5, 0.6) is 0 Å². The van der Waals surface area contributed by atoms with E-state index < -0.39 is 0 Å². The molecule has 1 N–H and O–H groups in total. The number of benzene rings is 1. The van der Waals surface area contributed by atoms with Crippen molar-refractivity contribution in [2.45, 2.75) is 52.4 Å². The summed E-state index contributed by atoms with van der Waals surface area (Å²) in [5.74, 6) is 2.26. The van der Waals surface area contributed by atoms with Gasteiger partial charge in [-0.1, -0.05) is 51.5 Å². The van der Waals surface area contributed by atoms with E-state index in [4.69, 9.17) is 0 Å². The zero-order chi connectivity index (χ0) is 15.7. The van der Waals surface area contributed by atoms with Gasteiger partial charge >= 0.3 is 0 Å². The zero-order valence-corrected chi connectivity index (χ0v) is 14.7. The highest BCUT2D eigenvalue weighted by Crippen LogP contribution is 2.25. The Balaban J connectivity index is 2.36. The van der Waals surface area contributed by atoms with Crippen molar-refractivity contribution >= 4 is 17.7 Å². The van der Waals surface area contributed by atoms with E-state index in [1.165, 1.54) is 29.7 Å². The summed E-state index contributed by atoms with van der Waals surface area (Å²) in [6.45, 7) is 9.39. The van der Waals surface area contributed by atoms with Crippen LogP contribution in [0, 0.1) is 6.92 Å². The van der Waals surface area contributed by atoms with Crippen molar-refractivity contribution in [3.63, 3.8) is 0 Å². The molecule has 0 spiro atoms. The molecule has 0 saturated carbocycles. The smallest absolute Gasteiger partial charge is 0.220 e. The van der Waals surface area contributed by atoms with E-state index in [1.807, 2.05) is 11.8 Å². The third kappa shape index (κ3) is 6.56. The highest BCUT2D eigenvalue weighted by molar-refractivity contribution is 7.99. The molecule has 3 heteroatoms. The minimum Gasteiger partial charge on any atom is -0.355 e. The SMILES string of the molecule is CCCCSCCC(=O)NCC(C)(C)c1ccccc1C. The molecule has 0 saturated heterocycles. The average Bonchev–Trinajstić information content (AvgIpc) is 2.45. The molecule has 0 bridgehead atoms.